The normalized spacial score (nSPS) is 23.0. The highest BCUT2D eigenvalue weighted by Crippen LogP contribution is 2.41. The lowest BCUT2D eigenvalue weighted by atomic mass is 9.94. The molecule has 1 aliphatic heterocycles. The van der Waals surface area contributed by atoms with E-state index >= 15 is 0 Å². The first kappa shape index (κ1) is 20.4. The van der Waals surface area contributed by atoms with Gasteiger partial charge >= 0.3 is 12.4 Å². The zero-order valence-corrected chi connectivity index (χ0v) is 15.0. The summed E-state index contributed by atoms with van der Waals surface area (Å²) >= 11 is 1.61. The number of nitrogens with one attached hydrogen (secondary N) is 1. The van der Waals surface area contributed by atoms with E-state index < -0.39 is 47.5 Å². The summed E-state index contributed by atoms with van der Waals surface area (Å²) in [5, 5.41) is 8.57. The molecule has 0 bridgehead atoms. The van der Waals surface area contributed by atoms with Crippen LogP contribution in [0.5, 0.6) is 0 Å². The fourth-order valence-electron chi connectivity index (χ4n) is 2.21. The minimum Gasteiger partial charge on any atom is -0.323 e. The van der Waals surface area contributed by atoms with Crippen molar-refractivity contribution in [2.45, 2.75) is 37.3 Å². The molecule has 1 aliphatic rings. The molecule has 1 N–H and O–H groups in total. The molecule has 1 heterocycles. The molecule has 1 aromatic rings. The Morgan fingerprint density at radius 2 is 1.96 bits per heavy atom. The lowest BCUT2D eigenvalue weighted by Crippen LogP contribution is -2.40. The van der Waals surface area contributed by atoms with Crippen LogP contribution in [0.4, 0.5) is 37.7 Å². The first-order chi connectivity index (χ1) is 11.8. The lowest BCUT2D eigenvalue weighted by molar-refractivity contribution is -0.148. The summed E-state index contributed by atoms with van der Waals surface area (Å²) in [7, 11) is 0. The molecule has 0 aliphatic carbocycles. The van der Waals surface area contributed by atoms with Crippen LogP contribution < -0.4 is 5.32 Å². The van der Waals surface area contributed by atoms with E-state index in [9.17, 15) is 31.1 Å². The Morgan fingerprint density at radius 1 is 1.35 bits per heavy atom. The van der Waals surface area contributed by atoms with Gasteiger partial charge in [-0.25, -0.2) is 4.85 Å². The minimum atomic E-state index is -4.83. The summed E-state index contributed by atoms with van der Waals surface area (Å²) in [6.45, 7) is 7.94. The van der Waals surface area contributed by atoms with Crippen LogP contribution in [-0.4, -0.2) is 23.7 Å². The highest BCUT2D eigenvalue weighted by Gasteiger charge is 2.51. The number of hydrogen-bond acceptors (Lipinski definition) is 3. The molecule has 2 unspecified atom stereocenters. The van der Waals surface area contributed by atoms with Gasteiger partial charge in [0, 0.05) is 9.99 Å². The molecule has 1 aromatic carbocycles. The van der Waals surface area contributed by atoms with Crippen LogP contribution in [0, 0.1) is 10.1 Å². The summed E-state index contributed by atoms with van der Waals surface area (Å²) in [4.78, 5) is 15.1. The topological polar surface area (TPSA) is 58.2 Å². The Bertz CT molecular complexity index is 813. The molecular weight excluding hydrogens is 481 g/mol. The zero-order chi connectivity index (χ0) is 19.9. The van der Waals surface area contributed by atoms with Crippen LogP contribution in [0.25, 0.3) is 4.85 Å². The number of benzene rings is 1. The van der Waals surface area contributed by atoms with E-state index in [-0.39, 0.29) is 9.26 Å². The maximum absolute atomic E-state index is 13.0. The molecule has 26 heavy (non-hydrogen) atoms. The van der Waals surface area contributed by atoms with Crippen molar-refractivity contribution in [2.75, 3.05) is 5.32 Å². The second-order valence-electron chi connectivity index (χ2n) is 5.66. The number of alkyl halides is 6. The monoisotopic (exact) mass is 490 g/mol. The SMILES string of the molecule is [C-]#[N+]c1cc(I)c(NC(=O)C2(C)CC(C(F)(F)F)N=N2)cc1C(F)(F)F. The van der Waals surface area contributed by atoms with Crippen LogP contribution in [0.15, 0.2) is 22.4 Å². The van der Waals surface area contributed by atoms with E-state index in [1.165, 1.54) is 0 Å². The number of carbonyl (C=O) groups is 1. The van der Waals surface area contributed by atoms with Crippen LogP contribution in [-0.2, 0) is 11.0 Å². The number of nitrogens with zero attached hydrogens (tertiary/aromatic N) is 3. The molecular formula is C14H9F6IN4O. The quantitative estimate of drug-likeness (QED) is 0.340. The van der Waals surface area contributed by atoms with Gasteiger partial charge in [-0.15, -0.1) is 0 Å². The van der Waals surface area contributed by atoms with E-state index in [4.69, 9.17) is 6.57 Å². The van der Waals surface area contributed by atoms with Crippen molar-refractivity contribution >= 4 is 39.9 Å². The molecule has 0 saturated heterocycles. The van der Waals surface area contributed by atoms with Gasteiger partial charge in [0.05, 0.1) is 17.8 Å². The standard InChI is InChI=1S/C14H9F6IN4O/c1-12(5-10(24-25-12)14(18,19)20)11(26)23-9-3-6(13(15,16)17)8(22-2)4-7(9)21/h3-4,10H,5H2,1H3,(H,23,26). The van der Waals surface area contributed by atoms with Crippen LogP contribution in [0.1, 0.15) is 18.9 Å². The van der Waals surface area contributed by atoms with Gasteiger partial charge in [-0.1, -0.05) is 0 Å². The molecule has 0 aromatic heterocycles. The summed E-state index contributed by atoms with van der Waals surface area (Å²) in [5.41, 5.74) is -4.04. The summed E-state index contributed by atoms with van der Waals surface area (Å²) in [6, 6.07) is -0.639. The second kappa shape index (κ2) is 6.67. The first-order valence-corrected chi connectivity index (χ1v) is 7.94. The molecule has 2 rings (SSSR count). The van der Waals surface area contributed by atoms with Gasteiger partial charge in [-0.05, 0) is 41.6 Å². The van der Waals surface area contributed by atoms with Crippen LogP contribution in [0.3, 0.4) is 0 Å². The van der Waals surface area contributed by atoms with Crippen molar-refractivity contribution < 1.29 is 31.1 Å². The number of carbonyl (C=O) groups excluding carboxylic acids is 1. The fraction of sp³-hybridized carbons (Fsp3) is 0.429. The van der Waals surface area contributed by atoms with Gasteiger partial charge in [-0.3, -0.25) is 4.79 Å². The smallest absolute Gasteiger partial charge is 0.323 e. The molecule has 12 heteroatoms. The Hall–Kier alpha value is -1.91. The largest absolute Gasteiger partial charge is 0.412 e. The minimum absolute atomic E-state index is 0.126. The van der Waals surface area contributed by atoms with Gasteiger partial charge in [0.1, 0.15) is 0 Å². The Labute approximate surface area is 156 Å². The van der Waals surface area contributed by atoms with Crippen molar-refractivity contribution in [3.8, 4) is 0 Å². The van der Waals surface area contributed by atoms with E-state index in [0.29, 0.717) is 6.07 Å². The highest BCUT2D eigenvalue weighted by atomic mass is 127. The third kappa shape index (κ3) is 4.08. The van der Waals surface area contributed by atoms with Gasteiger partial charge in [-0.2, -0.15) is 36.6 Å². The third-order valence-electron chi connectivity index (χ3n) is 3.64. The second-order valence-corrected chi connectivity index (χ2v) is 6.83. The van der Waals surface area contributed by atoms with Crippen LogP contribution in [0.2, 0.25) is 0 Å². The molecule has 0 fully saturated rings. The Morgan fingerprint density at radius 3 is 2.42 bits per heavy atom. The van der Waals surface area contributed by atoms with Crippen molar-refractivity contribution in [3.05, 3.63) is 32.7 Å². The summed E-state index contributed by atoms with van der Waals surface area (Å²) in [5.74, 6) is -1.02. The number of hydrogen-bond donors (Lipinski definition) is 1. The molecule has 2 atom stereocenters. The van der Waals surface area contributed by atoms with E-state index in [0.717, 1.165) is 13.0 Å². The summed E-state index contributed by atoms with van der Waals surface area (Å²) in [6.07, 6.45) is -10.2. The number of rotatable bonds is 2. The third-order valence-corrected chi connectivity index (χ3v) is 4.53. The van der Waals surface area contributed by atoms with Gasteiger partial charge in [0.15, 0.2) is 17.3 Å². The van der Waals surface area contributed by atoms with Gasteiger partial charge in [0.2, 0.25) is 0 Å². The van der Waals surface area contributed by atoms with Gasteiger partial charge < -0.3 is 5.32 Å². The number of amides is 1. The van der Waals surface area contributed by atoms with Crippen molar-refractivity contribution in [1.29, 1.82) is 0 Å². The van der Waals surface area contributed by atoms with E-state index in [1.54, 1.807) is 22.6 Å². The van der Waals surface area contributed by atoms with E-state index in [2.05, 4.69) is 20.4 Å². The number of azo groups is 1. The predicted molar refractivity (Wildman–Crippen MR) is 86.8 cm³/mol. The average molecular weight is 490 g/mol. The Balaban J connectivity index is 2.31. The lowest BCUT2D eigenvalue weighted by Gasteiger charge is -2.21. The first-order valence-electron chi connectivity index (χ1n) is 6.86. The van der Waals surface area contributed by atoms with Gasteiger partial charge in [0.25, 0.3) is 5.91 Å². The molecule has 0 radical (unpaired) electrons. The molecule has 140 valence electrons. The molecule has 0 spiro atoms. The van der Waals surface area contributed by atoms with Crippen molar-refractivity contribution in [3.63, 3.8) is 0 Å². The maximum Gasteiger partial charge on any atom is 0.412 e. The maximum atomic E-state index is 13.0. The van der Waals surface area contributed by atoms with Crippen molar-refractivity contribution in [2.24, 2.45) is 10.2 Å². The molecule has 5 nitrogen and oxygen atoms in total. The number of anilines is 1. The molecule has 1 amide bonds. The highest BCUT2D eigenvalue weighted by molar-refractivity contribution is 14.1. The number of halogens is 7. The fourth-order valence-corrected chi connectivity index (χ4v) is 2.80. The Kier molecular flexibility index (Phi) is 5.24. The van der Waals surface area contributed by atoms with E-state index in [1.807, 2.05) is 0 Å². The predicted octanol–water partition coefficient (Wildman–Crippen LogP) is 5.34. The zero-order valence-electron chi connectivity index (χ0n) is 12.8. The summed E-state index contributed by atoms with van der Waals surface area (Å²) < 4.78 is 77.3. The molecule has 0 saturated carbocycles. The van der Waals surface area contributed by atoms with Crippen LogP contribution >= 0.6 is 22.6 Å². The van der Waals surface area contributed by atoms with Crippen molar-refractivity contribution in [1.82, 2.24) is 0 Å². The average Bonchev–Trinajstić information content (AvgIpc) is 2.91.